The van der Waals surface area contributed by atoms with E-state index in [4.69, 9.17) is 9.47 Å². The number of nitrogens with one attached hydrogen (secondary N) is 1. The van der Waals surface area contributed by atoms with Gasteiger partial charge in [0.25, 0.3) is 0 Å². The minimum atomic E-state index is 0.166. The van der Waals surface area contributed by atoms with Crippen molar-refractivity contribution in [3.63, 3.8) is 0 Å². The van der Waals surface area contributed by atoms with Crippen molar-refractivity contribution in [3.8, 4) is 0 Å². The Kier molecular flexibility index (Phi) is 5.56. The topological polar surface area (TPSA) is 43.4 Å². The van der Waals surface area contributed by atoms with Gasteiger partial charge >= 0.3 is 0 Å². The summed E-state index contributed by atoms with van der Waals surface area (Å²) in [4.78, 5) is 4.57. The molecule has 1 aromatic heterocycles. The summed E-state index contributed by atoms with van der Waals surface area (Å²) in [6.07, 6.45) is 2.52. The van der Waals surface area contributed by atoms with Crippen molar-refractivity contribution in [2.24, 2.45) is 5.92 Å². The number of nitrogens with zero attached hydrogens (tertiary/aromatic N) is 1. The zero-order valence-corrected chi connectivity index (χ0v) is 12.0. The number of aryl methyl sites for hydroxylation is 1. The van der Waals surface area contributed by atoms with Crippen LogP contribution in [-0.2, 0) is 9.47 Å². The Morgan fingerprint density at radius 2 is 2.50 bits per heavy atom. The van der Waals surface area contributed by atoms with Gasteiger partial charge in [0.2, 0.25) is 0 Å². The summed E-state index contributed by atoms with van der Waals surface area (Å²) < 4.78 is 11.0. The molecule has 4 nitrogen and oxygen atoms in total. The van der Waals surface area contributed by atoms with Crippen LogP contribution in [0.15, 0.2) is 5.38 Å². The molecule has 0 spiro atoms. The third-order valence-electron chi connectivity index (χ3n) is 3.26. The zero-order valence-electron chi connectivity index (χ0n) is 11.1. The van der Waals surface area contributed by atoms with Crippen LogP contribution in [0.5, 0.6) is 0 Å². The van der Waals surface area contributed by atoms with Crippen molar-refractivity contribution < 1.29 is 9.47 Å². The number of hydrogen-bond donors (Lipinski definition) is 1. The number of hydrogen-bond acceptors (Lipinski definition) is 5. The van der Waals surface area contributed by atoms with E-state index in [9.17, 15) is 0 Å². The molecular formula is C13H22N2O2S. The first-order valence-electron chi connectivity index (χ1n) is 6.54. The van der Waals surface area contributed by atoms with Crippen LogP contribution in [0.3, 0.4) is 0 Å². The Labute approximate surface area is 113 Å². The summed E-state index contributed by atoms with van der Waals surface area (Å²) in [5.74, 6) is 0.525. The highest BCUT2D eigenvalue weighted by molar-refractivity contribution is 7.09. The first-order valence-corrected chi connectivity index (χ1v) is 7.42. The molecule has 0 saturated carbocycles. The highest BCUT2D eigenvalue weighted by Crippen LogP contribution is 2.33. The minimum absolute atomic E-state index is 0.166. The number of methoxy groups -OCH3 is 1. The van der Waals surface area contributed by atoms with Gasteiger partial charge in [0.15, 0.2) is 0 Å². The Balaban J connectivity index is 1.89. The molecule has 1 fully saturated rings. The lowest BCUT2D eigenvalue weighted by Crippen LogP contribution is -2.33. The van der Waals surface area contributed by atoms with Crippen LogP contribution in [0.4, 0.5) is 0 Å². The van der Waals surface area contributed by atoms with Gasteiger partial charge < -0.3 is 14.8 Å². The fraction of sp³-hybridized carbons (Fsp3) is 0.769. The molecule has 1 aliphatic heterocycles. The molecule has 0 aliphatic carbocycles. The van der Waals surface area contributed by atoms with Gasteiger partial charge in [0.05, 0.1) is 17.3 Å². The molecule has 1 saturated heterocycles. The Morgan fingerprint density at radius 1 is 1.61 bits per heavy atom. The molecule has 2 rings (SSSR count). The van der Waals surface area contributed by atoms with E-state index in [1.807, 2.05) is 6.92 Å². The fourth-order valence-electron chi connectivity index (χ4n) is 2.35. The van der Waals surface area contributed by atoms with Crippen molar-refractivity contribution >= 4 is 11.3 Å². The maximum atomic E-state index is 5.92. The van der Waals surface area contributed by atoms with Gasteiger partial charge in [-0.2, -0.15) is 0 Å². The molecule has 5 heteroatoms. The van der Waals surface area contributed by atoms with Gasteiger partial charge in [0.1, 0.15) is 6.10 Å². The van der Waals surface area contributed by atoms with Crippen LogP contribution in [0, 0.1) is 12.8 Å². The second-order valence-electron chi connectivity index (χ2n) is 4.68. The van der Waals surface area contributed by atoms with Gasteiger partial charge in [-0.1, -0.05) is 0 Å². The van der Waals surface area contributed by atoms with Gasteiger partial charge in [-0.3, -0.25) is 0 Å². The second kappa shape index (κ2) is 7.19. The summed E-state index contributed by atoms with van der Waals surface area (Å²) >= 11 is 1.70. The molecule has 2 unspecified atom stereocenters. The summed E-state index contributed by atoms with van der Waals surface area (Å²) in [6, 6.07) is 0. The van der Waals surface area contributed by atoms with Crippen LogP contribution >= 0.6 is 11.3 Å². The van der Waals surface area contributed by atoms with Crippen molar-refractivity contribution in [1.29, 1.82) is 0 Å². The van der Waals surface area contributed by atoms with E-state index in [0.29, 0.717) is 5.92 Å². The van der Waals surface area contributed by atoms with Gasteiger partial charge in [-0.15, -0.1) is 11.3 Å². The number of ether oxygens (including phenoxy) is 2. The van der Waals surface area contributed by atoms with Crippen molar-refractivity contribution in [1.82, 2.24) is 10.3 Å². The molecule has 102 valence electrons. The van der Waals surface area contributed by atoms with Crippen LogP contribution in [-0.4, -0.2) is 38.4 Å². The molecule has 1 N–H and O–H groups in total. The normalized spacial score (nSPS) is 24.3. The van der Waals surface area contributed by atoms with E-state index in [1.54, 1.807) is 18.4 Å². The molecule has 18 heavy (non-hydrogen) atoms. The summed E-state index contributed by atoms with van der Waals surface area (Å²) in [5, 5.41) is 6.68. The average molecular weight is 270 g/mol. The third kappa shape index (κ3) is 3.75. The maximum absolute atomic E-state index is 5.92. The first-order chi connectivity index (χ1) is 8.81. The highest BCUT2D eigenvalue weighted by Gasteiger charge is 2.28. The molecule has 0 aromatic carbocycles. The second-order valence-corrected chi connectivity index (χ2v) is 5.74. The maximum Gasteiger partial charge on any atom is 0.104 e. The molecule has 0 amide bonds. The van der Waals surface area contributed by atoms with E-state index >= 15 is 0 Å². The zero-order chi connectivity index (χ0) is 12.8. The van der Waals surface area contributed by atoms with Crippen LogP contribution < -0.4 is 5.32 Å². The van der Waals surface area contributed by atoms with Gasteiger partial charge in [0, 0.05) is 38.1 Å². The summed E-state index contributed by atoms with van der Waals surface area (Å²) in [5.41, 5.74) is 1.11. The van der Waals surface area contributed by atoms with Crippen molar-refractivity contribution in [3.05, 3.63) is 16.1 Å². The molecule has 2 heterocycles. The molecule has 1 aromatic rings. The first kappa shape index (κ1) is 13.9. The Bertz CT molecular complexity index is 357. The van der Waals surface area contributed by atoms with Crippen LogP contribution in [0.25, 0.3) is 0 Å². The fourth-order valence-corrected chi connectivity index (χ4v) is 2.99. The number of rotatable bonds is 6. The minimum Gasteiger partial charge on any atom is -0.383 e. The average Bonchev–Trinajstić information content (AvgIpc) is 2.82. The van der Waals surface area contributed by atoms with Crippen molar-refractivity contribution in [2.75, 3.05) is 33.4 Å². The number of thiazole rings is 1. The van der Waals surface area contributed by atoms with Gasteiger partial charge in [-0.05, 0) is 19.8 Å². The lowest BCUT2D eigenvalue weighted by atomic mass is 9.92. The lowest BCUT2D eigenvalue weighted by molar-refractivity contribution is -0.0302. The summed E-state index contributed by atoms with van der Waals surface area (Å²) in [6.45, 7) is 5.53. The van der Waals surface area contributed by atoms with Crippen LogP contribution in [0.1, 0.15) is 29.6 Å². The predicted octanol–water partition coefficient (Wildman–Crippen LogP) is 2.16. The SMILES string of the molecule is COCCNCC1CCCOC1c1csc(C)n1. The predicted molar refractivity (Wildman–Crippen MR) is 73.0 cm³/mol. The molecular weight excluding hydrogens is 248 g/mol. The Hall–Kier alpha value is -0.490. The van der Waals surface area contributed by atoms with E-state index in [2.05, 4.69) is 15.7 Å². The largest absolute Gasteiger partial charge is 0.383 e. The van der Waals surface area contributed by atoms with Crippen LogP contribution in [0.2, 0.25) is 0 Å². The van der Waals surface area contributed by atoms with Gasteiger partial charge in [-0.25, -0.2) is 4.98 Å². The van der Waals surface area contributed by atoms with Crippen molar-refractivity contribution in [2.45, 2.75) is 25.9 Å². The quantitative estimate of drug-likeness (QED) is 0.804. The van der Waals surface area contributed by atoms with E-state index in [0.717, 1.165) is 43.4 Å². The lowest BCUT2D eigenvalue weighted by Gasteiger charge is -2.31. The smallest absolute Gasteiger partial charge is 0.104 e. The third-order valence-corrected chi connectivity index (χ3v) is 4.05. The molecule has 2 atom stereocenters. The molecule has 0 bridgehead atoms. The molecule has 0 radical (unpaired) electrons. The summed E-state index contributed by atoms with van der Waals surface area (Å²) in [7, 11) is 1.73. The monoisotopic (exact) mass is 270 g/mol. The standard InChI is InChI=1S/C13H22N2O2S/c1-10-15-12(9-18-10)13-11(4-3-6-17-13)8-14-5-7-16-2/h9,11,13-14H,3-8H2,1-2H3. The molecule has 1 aliphatic rings. The highest BCUT2D eigenvalue weighted by atomic mass is 32.1. The van der Waals surface area contributed by atoms with E-state index < -0.39 is 0 Å². The Morgan fingerprint density at radius 3 is 3.22 bits per heavy atom. The van der Waals surface area contributed by atoms with E-state index in [-0.39, 0.29) is 6.10 Å². The number of aromatic nitrogens is 1. The van der Waals surface area contributed by atoms with E-state index in [1.165, 1.54) is 6.42 Å².